The molecule has 0 aromatic heterocycles. The van der Waals surface area contributed by atoms with Crippen LogP contribution in [0.25, 0.3) is 0 Å². The third-order valence-electron chi connectivity index (χ3n) is 2.60. The van der Waals surface area contributed by atoms with Crippen molar-refractivity contribution in [2.75, 3.05) is 26.3 Å². The Morgan fingerprint density at radius 2 is 1.12 bits per heavy atom. The Balaban J connectivity index is 2.24. The molecule has 0 aliphatic carbocycles. The van der Waals surface area contributed by atoms with Gasteiger partial charge in [-0.2, -0.15) is 0 Å². The molecule has 0 bridgehead atoms. The summed E-state index contributed by atoms with van der Waals surface area (Å²) in [4.78, 5) is 22.4. The first-order chi connectivity index (χ1) is 8.29. The minimum atomic E-state index is -0.312. The molecule has 5 nitrogen and oxygen atoms in total. The Kier molecular flexibility index (Phi) is 7.38. The molecule has 1 rings (SSSR count). The zero-order chi connectivity index (χ0) is 12.3. The SMILES string of the molecule is O=C1CNCC(=O)OCCCCCCCCO1. The monoisotopic (exact) mass is 243 g/mol. The molecule has 5 heteroatoms. The molecule has 0 aromatic carbocycles. The molecule has 1 heterocycles. The van der Waals surface area contributed by atoms with Gasteiger partial charge in [0.25, 0.3) is 0 Å². The average molecular weight is 243 g/mol. The van der Waals surface area contributed by atoms with Gasteiger partial charge >= 0.3 is 11.9 Å². The Morgan fingerprint density at radius 1 is 0.706 bits per heavy atom. The maximum Gasteiger partial charge on any atom is 0.319 e. The number of ether oxygens (including phenoxy) is 2. The van der Waals surface area contributed by atoms with Crippen molar-refractivity contribution in [3.8, 4) is 0 Å². The minimum absolute atomic E-state index is 0.0646. The fraction of sp³-hybridized carbons (Fsp3) is 0.833. The molecule has 1 aliphatic rings. The lowest BCUT2D eigenvalue weighted by Gasteiger charge is -2.05. The Bertz CT molecular complexity index is 219. The van der Waals surface area contributed by atoms with Crippen molar-refractivity contribution in [3.05, 3.63) is 0 Å². The van der Waals surface area contributed by atoms with E-state index in [2.05, 4.69) is 5.32 Å². The number of carbonyl (C=O) groups is 2. The molecule has 17 heavy (non-hydrogen) atoms. The molecule has 1 saturated heterocycles. The van der Waals surface area contributed by atoms with Crippen LogP contribution >= 0.6 is 0 Å². The molecule has 0 saturated carbocycles. The van der Waals surface area contributed by atoms with Crippen LogP contribution in [0.2, 0.25) is 0 Å². The second-order valence-electron chi connectivity index (χ2n) is 4.17. The molecule has 0 radical (unpaired) electrons. The molecular weight excluding hydrogens is 222 g/mol. The standard InChI is InChI=1S/C12H21NO4/c14-11-9-13-10-12(15)17-8-6-4-2-1-3-5-7-16-11/h13H,1-10H2. The smallest absolute Gasteiger partial charge is 0.319 e. The fourth-order valence-corrected chi connectivity index (χ4v) is 1.65. The summed E-state index contributed by atoms with van der Waals surface area (Å²) in [6, 6.07) is 0. The Hall–Kier alpha value is -1.10. The van der Waals surface area contributed by atoms with E-state index < -0.39 is 0 Å². The van der Waals surface area contributed by atoms with Crippen molar-refractivity contribution >= 4 is 11.9 Å². The predicted molar refractivity (Wildman–Crippen MR) is 62.5 cm³/mol. The highest BCUT2D eigenvalue weighted by atomic mass is 16.5. The summed E-state index contributed by atoms with van der Waals surface area (Å²) in [5.41, 5.74) is 0. The van der Waals surface area contributed by atoms with Gasteiger partial charge < -0.3 is 9.47 Å². The van der Waals surface area contributed by atoms with Crippen LogP contribution in [-0.4, -0.2) is 38.2 Å². The first-order valence-corrected chi connectivity index (χ1v) is 6.31. The molecule has 98 valence electrons. The van der Waals surface area contributed by atoms with Crippen molar-refractivity contribution in [3.63, 3.8) is 0 Å². The van der Waals surface area contributed by atoms with Crippen LogP contribution in [-0.2, 0) is 19.1 Å². The number of cyclic esters (lactones) is 2. The van der Waals surface area contributed by atoms with E-state index in [9.17, 15) is 9.59 Å². The first kappa shape index (κ1) is 14.0. The van der Waals surface area contributed by atoms with Crippen molar-refractivity contribution in [1.29, 1.82) is 0 Å². The van der Waals surface area contributed by atoms with E-state index >= 15 is 0 Å². The fourth-order valence-electron chi connectivity index (χ4n) is 1.65. The number of hydrogen-bond donors (Lipinski definition) is 1. The van der Waals surface area contributed by atoms with Crippen LogP contribution in [0.15, 0.2) is 0 Å². The summed E-state index contributed by atoms with van der Waals surface area (Å²) >= 11 is 0. The second-order valence-corrected chi connectivity index (χ2v) is 4.17. The summed E-state index contributed by atoms with van der Waals surface area (Å²) in [5, 5.41) is 2.71. The molecule has 1 N–H and O–H groups in total. The average Bonchev–Trinajstić information content (AvgIpc) is 2.31. The number of carbonyl (C=O) groups excluding carboxylic acids is 2. The van der Waals surface area contributed by atoms with Crippen LogP contribution in [0.1, 0.15) is 38.5 Å². The lowest BCUT2D eigenvalue weighted by molar-refractivity contribution is -0.144. The Morgan fingerprint density at radius 3 is 1.59 bits per heavy atom. The highest BCUT2D eigenvalue weighted by Crippen LogP contribution is 2.06. The normalized spacial score (nSPS) is 21.9. The largest absolute Gasteiger partial charge is 0.465 e. The number of rotatable bonds is 0. The summed E-state index contributed by atoms with van der Waals surface area (Å²) < 4.78 is 10.00. The summed E-state index contributed by atoms with van der Waals surface area (Å²) in [6.07, 6.45) is 6.29. The van der Waals surface area contributed by atoms with Crippen molar-refractivity contribution in [2.24, 2.45) is 0 Å². The molecule has 0 atom stereocenters. The minimum Gasteiger partial charge on any atom is -0.465 e. The van der Waals surface area contributed by atoms with E-state index in [1.54, 1.807) is 0 Å². The molecule has 1 aliphatic heterocycles. The van der Waals surface area contributed by atoms with Crippen molar-refractivity contribution < 1.29 is 19.1 Å². The van der Waals surface area contributed by atoms with Gasteiger partial charge in [0, 0.05) is 0 Å². The number of esters is 2. The van der Waals surface area contributed by atoms with Crippen LogP contribution < -0.4 is 5.32 Å². The van der Waals surface area contributed by atoms with Gasteiger partial charge in [0.05, 0.1) is 26.3 Å². The van der Waals surface area contributed by atoms with Gasteiger partial charge in [0.15, 0.2) is 0 Å². The van der Waals surface area contributed by atoms with E-state index in [1.807, 2.05) is 0 Å². The molecule has 0 amide bonds. The van der Waals surface area contributed by atoms with Crippen LogP contribution in [0.3, 0.4) is 0 Å². The van der Waals surface area contributed by atoms with E-state index in [0.717, 1.165) is 38.5 Å². The van der Waals surface area contributed by atoms with E-state index in [0.29, 0.717) is 13.2 Å². The van der Waals surface area contributed by atoms with Gasteiger partial charge in [-0.05, 0) is 12.8 Å². The predicted octanol–water partition coefficient (Wildman–Crippen LogP) is 1.02. The third kappa shape index (κ3) is 7.74. The van der Waals surface area contributed by atoms with Crippen molar-refractivity contribution in [2.45, 2.75) is 38.5 Å². The number of nitrogens with one attached hydrogen (secondary N) is 1. The topological polar surface area (TPSA) is 64.6 Å². The maximum absolute atomic E-state index is 11.2. The summed E-state index contributed by atoms with van der Waals surface area (Å²) in [7, 11) is 0. The zero-order valence-electron chi connectivity index (χ0n) is 10.2. The van der Waals surface area contributed by atoms with Crippen molar-refractivity contribution in [1.82, 2.24) is 5.32 Å². The van der Waals surface area contributed by atoms with Crippen LogP contribution in [0, 0.1) is 0 Å². The lowest BCUT2D eigenvalue weighted by atomic mass is 10.1. The van der Waals surface area contributed by atoms with Gasteiger partial charge in [-0.25, -0.2) is 0 Å². The molecule has 0 spiro atoms. The second kappa shape index (κ2) is 8.98. The van der Waals surface area contributed by atoms with Gasteiger partial charge in [0.2, 0.25) is 0 Å². The number of hydrogen-bond acceptors (Lipinski definition) is 5. The lowest BCUT2D eigenvalue weighted by Crippen LogP contribution is -2.31. The quantitative estimate of drug-likeness (QED) is 0.643. The highest BCUT2D eigenvalue weighted by Gasteiger charge is 2.06. The van der Waals surface area contributed by atoms with Gasteiger partial charge in [-0.1, -0.05) is 25.7 Å². The maximum atomic E-state index is 11.2. The van der Waals surface area contributed by atoms with E-state index in [-0.39, 0.29) is 25.0 Å². The van der Waals surface area contributed by atoms with Gasteiger partial charge in [-0.15, -0.1) is 0 Å². The summed E-state index contributed by atoms with van der Waals surface area (Å²) in [6.45, 7) is 1.08. The molecule has 0 unspecified atom stereocenters. The van der Waals surface area contributed by atoms with Crippen LogP contribution in [0.5, 0.6) is 0 Å². The van der Waals surface area contributed by atoms with Gasteiger partial charge in [0.1, 0.15) is 0 Å². The molecule has 0 aromatic rings. The summed E-state index contributed by atoms with van der Waals surface area (Å²) in [5.74, 6) is -0.625. The molecular formula is C12H21NO4. The first-order valence-electron chi connectivity index (χ1n) is 6.31. The van der Waals surface area contributed by atoms with E-state index in [4.69, 9.17) is 9.47 Å². The third-order valence-corrected chi connectivity index (χ3v) is 2.60. The molecule has 1 fully saturated rings. The van der Waals surface area contributed by atoms with E-state index in [1.165, 1.54) is 0 Å². The highest BCUT2D eigenvalue weighted by molar-refractivity contribution is 5.74. The zero-order valence-corrected chi connectivity index (χ0v) is 10.2. The van der Waals surface area contributed by atoms with Crippen LogP contribution in [0.4, 0.5) is 0 Å². The Labute approximate surface area is 102 Å². The van der Waals surface area contributed by atoms with Gasteiger partial charge in [-0.3, -0.25) is 14.9 Å².